The Balaban J connectivity index is 1.92. The van der Waals surface area contributed by atoms with Crippen LogP contribution in [0.3, 0.4) is 0 Å². The average Bonchev–Trinajstić information content (AvgIpc) is 2.98. The molecule has 1 aliphatic rings. The summed E-state index contributed by atoms with van der Waals surface area (Å²) in [4.78, 5) is 23.7. The quantitative estimate of drug-likeness (QED) is 0.679. The molecule has 2 aromatic carbocycles. The van der Waals surface area contributed by atoms with Crippen molar-refractivity contribution < 1.29 is 18.8 Å². The average molecular weight is 309 g/mol. The standard InChI is InChI=1S/C18H15NO4/c1-22-12-4-6-13-10(8-12)2-7-16-17(13)18(19-23-16)14-5-3-11(20)9-15(14)21/h2,4,6-8,14H,3,5,9H2,1H3. The molecule has 0 N–H and O–H groups in total. The number of benzene rings is 2. The normalized spacial score (nSPS) is 18.7. The van der Waals surface area contributed by atoms with Gasteiger partial charge in [-0.3, -0.25) is 9.59 Å². The number of methoxy groups -OCH3 is 1. The number of carbonyl (C=O) groups excluding carboxylic acids is 2. The number of hydrogen-bond acceptors (Lipinski definition) is 5. The van der Waals surface area contributed by atoms with Crippen molar-refractivity contribution in [3.05, 3.63) is 36.0 Å². The maximum atomic E-state index is 12.3. The predicted molar refractivity (Wildman–Crippen MR) is 84.7 cm³/mol. The van der Waals surface area contributed by atoms with Crippen LogP contribution in [0.25, 0.3) is 21.7 Å². The zero-order valence-electron chi connectivity index (χ0n) is 12.7. The zero-order valence-corrected chi connectivity index (χ0v) is 12.7. The first kappa shape index (κ1) is 13.9. The first-order valence-corrected chi connectivity index (χ1v) is 7.58. The van der Waals surface area contributed by atoms with Gasteiger partial charge in [-0.2, -0.15) is 0 Å². The van der Waals surface area contributed by atoms with Crippen LogP contribution in [0.4, 0.5) is 0 Å². The lowest BCUT2D eigenvalue weighted by Crippen LogP contribution is -2.23. The molecule has 0 spiro atoms. The minimum absolute atomic E-state index is 0.00237. The van der Waals surface area contributed by atoms with E-state index in [9.17, 15) is 9.59 Å². The Bertz CT molecular complexity index is 941. The SMILES string of the molecule is COc1ccc2c(ccc3onc(C4CCC(=O)CC4=O)c32)c1. The van der Waals surface area contributed by atoms with Gasteiger partial charge in [0.05, 0.1) is 24.8 Å². The molecule has 1 unspecified atom stereocenters. The molecule has 0 bridgehead atoms. The number of ketones is 2. The number of hydrogen-bond donors (Lipinski definition) is 0. The molecular formula is C18H15NO4. The van der Waals surface area contributed by atoms with Gasteiger partial charge in [0.2, 0.25) is 0 Å². The highest BCUT2D eigenvalue weighted by atomic mass is 16.5. The molecule has 1 heterocycles. The van der Waals surface area contributed by atoms with Gasteiger partial charge in [0.25, 0.3) is 0 Å². The predicted octanol–water partition coefficient (Wildman–Crippen LogP) is 3.40. The van der Waals surface area contributed by atoms with Crippen LogP contribution in [0.2, 0.25) is 0 Å². The monoisotopic (exact) mass is 309 g/mol. The van der Waals surface area contributed by atoms with E-state index in [1.54, 1.807) is 7.11 Å². The van der Waals surface area contributed by atoms with Crippen LogP contribution in [0.15, 0.2) is 34.9 Å². The zero-order chi connectivity index (χ0) is 16.0. The van der Waals surface area contributed by atoms with E-state index in [2.05, 4.69) is 5.16 Å². The molecule has 0 amide bonds. The summed E-state index contributed by atoms with van der Waals surface area (Å²) < 4.78 is 10.7. The summed E-state index contributed by atoms with van der Waals surface area (Å²) in [5.74, 6) is 0.353. The highest BCUT2D eigenvalue weighted by Gasteiger charge is 2.32. The molecule has 0 aliphatic heterocycles. The molecule has 1 fully saturated rings. The van der Waals surface area contributed by atoms with Crippen LogP contribution in [0, 0.1) is 0 Å². The first-order valence-electron chi connectivity index (χ1n) is 7.58. The van der Waals surface area contributed by atoms with Crippen LogP contribution in [-0.4, -0.2) is 23.8 Å². The maximum absolute atomic E-state index is 12.3. The van der Waals surface area contributed by atoms with Gasteiger partial charge in [0, 0.05) is 6.42 Å². The second kappa shape index (κ2) is 5.19. The molecule has 116 valence electrons. The van der Waals surface area contributed by atoms with Crippen molar-refractivity contribution in [3.8, 4) is 5.75 Å². The second-order valence-electron chi connectivity index (χ2n) is 5.87. The smallest absolute Gasteiger partial charge is 0.167 e. The van der Waals surface area contributed by atoms with Crippen LogP contribution in [0.1, 0.15) is 30.9 Å². The first-order chi connectivity index (χ1) is 11.2. The van der Waals surface area contributed by atoms with Gasteiger partial charge in [-0.15, -0.1) is 0 Å². The second-order valence-corrected chi connectivity index (χ2v) is 5.87. The molecule has 3 aromatic rings. The van der Waals surface area contributed by atoms with E-state index in [4.69, 9.17) is 9.26 Å². The van der Waals surface area contributed by atoms with E-state index in [1.165, 1.54) is 0 Å². The molecule has 0 radical (unpaired) electrons. The van der Waals surface area contributed by atoms with Gasteiger partial charge in [-0.25, -0.2) is 0 Å². The number of nitrogens with zero attached hydrogens (tertiary/aromatic N) is 1. The summed E-state index contributed by atoms with van der Waals surface area (Å²) in [7, 11) is 1.63. The van der Waals surface area contributed by atoms with Gasteiger partial charge in [0.15, 0.2) is 5.58 Å². The molecular weight excluding hydrogens is 294 g/mol. The molecule has 1 saturated carbocycles. The third-order valence-corrected chi connectivity index (χ3v) is 4.49. The molecule has 4 rings (SSSR count). The summed E-state index contributed by atoms with van der Waals surface area (Å²) in [6, 6.07) is 9.58. The van der Waals surface area contributed by atoms with Crippen LogP contribution in [0.5, 0.6) is 5.75 Å². The topological polar surface area (TPSA) is 69.4 Å². The van der Waals surface area contributed by atoms with E-state index in [0.29, 0.717) is 24.1 Å². The Morgan fingerprint density at radius 1 is 1.22 bits per heavy atom. The Morgan fingerprint density at radius 2 is 2.09 bits per heavy atom. The van der Waals surface area contributed by atoms with E-state index in [-0.39, 0.29) is 23.9 Å². The maximum Gasteiger partial charge on any atom is 0.167 e. The largest absolute Gasteiger partial charge is 0.497 e. The lowest BCUT2D eigenvalue weighted by Gasteiger charge is -2.17. The minimum atomic E-state index is -0.360. The summed E-state index contributed by atoms with van der Waals surface area (Å²) in [6.07, 6.45) is 0.923. The lowest BCUT2D eigenvalue weighted by molar-refractivity contribution is -0.130. The summed E-state index contributed by atoms with van der Waals surface area (Å²) in [6.45, 7) is 0. The number of Topliss-reactive ketones (excluding diaryl/α,β-unsaturated/α-hetero) is 2. The van der Waals surface area contributed by atoms with E-state index >= 15 is 0 Å². The Morgan fingerprint density at radius 3 is 2.87 bits per heavy atom. The number of rotatable bonds is 2. The number of aromatic nitrogens is 1. The molecule has 0 saturated heterocycles. The minimum Gasteiger partial charge on any atom is -0.497 e. The lowest BCUT2D eigenvalue weighted by atomic mass is 9.83. The van der Waals surface area contributed by atoms with Crippen LogP contribution < -0.4 is 4.74 Å². The van der Waals surface area contributed by atoms with Gasteiger partial charge >= 0.3 is 0 Å². The molecule has 1 atom stereocenters. The van der Waals surface area contributed by atoms with Crippen molar-refractivity contribution in [2.75, 3.05) is 7.11 Å². The van der Waals surface area contributed by atoms with Crippen molar-refractivity contribution in [2.45, 2.75) is 25.2 Å². The Hall–Kier alpha value is -2.69. The number of carbonyl (C=O) groups is 2. The van der Waals surface area contributed by atoms with E-state index in [0.717, 1.165) is 21.9 Å². The van der Waals surface area contributed by atoms with Crippen molar-refractivity contribution in [1.29, 1.82) is 0 Å². The van der Waals surface area contributed by atoms with Crippen LogP contribution >= 0.6 is 0 Å². The molecule has 1 aromatic heterocycles. The summed E-state index contributed by atoms with van der Waals surface area (Å²) in [5.41, 5.74) is 1.30. The van der Waals surface area contributed by atoms with Crippen molar-refractivity contribution in [3.63, 3.8) is 0 Å². The van der Waals surface area contributed by atoms with E-state index in [1.807, 2.05) is 30.3 Å². The van der Waals surface area contributed by atoms with Crippen molar-refractivity contribution in [1.82, 2.24) is 5.16 Å². The third kappa shape index (κ3) is 2.20. The fourth-order valence-electron chi connectivity index (χ4n) is 3.30. The van der Waals surface area contributed by atoms with Crippen molar-refractivity contribution in [2.24, 2.45) is 0 Å². The fourth-order valence-corrected chi connectivity index (χ4v) is 3.30. The highest BCUT2D eigenvalue weighted by molar-refractivity contribution is 6.11. The van der Waals surface area contributed by atoms with E-state index < -0.39 is 0 Å². The Labute approximate surface area is 132 Å². The molecule has 5 heteroatoms. The molecule has 1 aliphatic carbocycles. The third-order valence-electron chi connectivity index (χ3n) is 4.49. The van der Waals surface area contributed by atoms with Gasteiger partial charge < -0.3 is 9.26 Å². The van der Waals surface area contributed by atoms with Gasteiger partial charge in [-0.1, -0.05) is 11.2 Å². The summed E-state index contributed by atoms with van der Waals surface area (Å²) >= 11 is 0. The van der Waals surface area contributed by atoms with Gasteiger partial charge in [-0.05, 0) is 41.5 Å². The molecule has 5 nitrogen and oxygen atoms in total. The van der Waals surface area contributed by atoms with Crippen LogP contribution in [-0.2, 0) is 9.59 Å². The Kier molecular flexibility index (Phi) is 3.15. The van der Waals surface area contributed by atoms with Crippen molar-refractivity contribution >= 4 is 33.3 Å². The summed E-state index contributed by atoms with van der Waals surface area (Å²) in [5, 5.41) is 6.98. The molecule has 23 heavy (non-hydrogen) atoms. The highest BCUT2D eigenvalue weighted by Crippen LogP contribution is 2.37. The number of ether oxygens (including phenoxy) is 1. The fraction of sp³-hybridized carbons (Fsp3) is 0.278. The van der Waals surface area contributed by atoms with Gasteiger partial charge in [0.1, 0.15) is 23.0 Å². The number of fused-ring (bicyclic) bond motifs is 3.